The number of aromatic nitrogens is 1. The summed E-state index contributed by atoms with van der Waals surface area (Å²) in [5, 5.41) is 0. The molecular formula is C23H19N. The standard InChI is InChI=1S/C23H19N/c1-3-9-19(10-4-1)23(20-11-5-2-6-12-20)21-13-15-22(16-14-21)24-17-7-8-18-24/h1-18,23H. The SMILES string of the molecule is c1ccc(C(c2ccccc2)c2ccc(-n3cccc3)cc2)cc1. The first-order valence-corrected chi connectivity index (χ1v) is 8.25. The van der Waals surface area contributed by atoms with Crippen molar-refractivity contribution >= 4 is 0 Å². The predicted octanol–water partition coefficient (Wildman–Crippen LogP) is 5.66. The highest BCUT2D eigenvalue weighted by atomic mass is 14.9. The van der Waals surface area contributed by atoms with E-state index in [1.54, 1.807) is 0 Å². The molecule has 4 rings (SSSR count). The molecule has 0 amide bonds. The average Bonchev–Trinajstić information content (AvgIpc) is 3.19. The fourth-order valence-electron chi connectivity index (χ4n) is 3.21. The maximum atomic E-state index is 2.24. The summed E-state index contributed by atoms with van der Waals surface area (Å²) in [6.07, 6.45) is 4.14. The van der Waals surface area contributed by atoms with E-state index in [1.807, 2.05) is 12.1 Å². The molecule has 0 aliphatic carbocycles. The monoisotopic (exact) mass is 309 g/mol. The molecule has 1 heteroatoms. The Hall–Kier alpha value is -3.06. The minimum Gasteiger partial charge on any atom is -0.324 e. The number of nitrogens with zero attached hydrogens (tertiary/aromatic N) is 1. The molecule has 1 nitrogen and oxygen atoms in total. The van der Waals surface area contributed by atoms with Crippen molar-refractivity contribution in [3.05, 3.63) is 126 Å². The quantitative estimate of drug-likeness (QED) is 0.429. The first-order chi connectivity index (χ1) is 11.9. The van der Waals surface area contributed by atoms with E-state index in [4.69, 9.17) is 0 Å². The van der Waals surface area contributed by atoms with Gasteiger partial charge in [-0.2, -0.15) is 0 Å². The average molecular weight is 309 g/mol. The molecule has 0 atom stereocenters. The van der Waals surface area contributed by atoms with E-state index in [9.17, 15) is 0 Å². The van der Waals surface area contributed by atoms with Gasteiger partial charge in [0.05, 0.1) is 0 Å². The molecule has 0 aliphatic heterocycles. The highest BCUT2D eigenvalue weighted by Gasteiger charge is 2.16. The number of rotatable bonds is 4. The van der Waals surface area contributed by atoms with Crippen LogP contribution in [0, 0.1) is 0 Å². The first-order valence-electron chi connectivity index (χ1n) is 8.25. The third-order valence-corrected chi connectivity index (χ3v) is 4.39. The number of hydrogen-bond donors (Lipinski definition) is 0. The van der Waals surface area contributed by atoms with Gasteiger partial charge in [-0.15, -0.1) is 0 Å². The zero-order chi connectivity index (χ0) is 16.2. The first kappa shape index (κ1) is 14.5. The second-order valence-corrected chi connectivity index (χ2v) is 5.94. The van der Waals surface area contributed by atoms with Crippen molar-refractivity contribution in [2.45, 2.75) is 5.92 Å². The maximum Gasteiger partial charge on any atom is 0.0449 e. The molecule has 116 valence electrons. The van der Waals surface area contributed by atoms with Crippen LogP contribution in [0.2, 0.25) is 0 Å². The lowest BCUT2D eigenvalue weighted by Crippen LogP contribution is -2.03. The van der Waals surface area contributed by atoms with Gasteiger partial charge in [0.1, 0.15) is 0 Å². The van der Waals surface area contributed by atoms with Gasteiger partial charge in [-0.25, -0.2) is 0 Å². The molecule has 0 saturated carbocycles. The molecule has 0 unspecified atom stereocenters. The summed E-state index contributed by atoms with van der Waals surface area (Å²) in [6, 6.07) is 34.3. The van der Waals surface area contributed by atoms with Gasteiger partial charge in [0.2, 0.25) is 0 Å². The van der Waals surface area contributed by atoms with Crippen molar-refractivity contribution in [1.29, 1.82) is 0 Å². The van der Waals surface area contributed by atoms with Gasteiger partial charge in [-0.05, 0) is 41.0 Å². The Kier molecular flexibility index (Phi) is 3.99. The van der Waals surface area contributed by atoms with Crippen molar-refractivity contribution in [2.24, 2.45) is 0 Å². The molecule has 1 aromatic heterocycles. The Balaban J connectivity index is 1.77. The van der Waals surface area contributed by atoms with Crippen LogP contribution in [0.25, 0.3) is 5.69 Å². The van der Waals surface area contributed by atoms with Crippen LogP contribution in [0.1, 0.15) is 22.6 Å². The lowest BCUT2D eigenvalue weighted by molar-refractivity contribution is 0.972. The van der Waals surface area contributed by atoms with E-state index >= 15 is 0 Å². The lowest BCUT2D eigenvalue weighted by atomic mass is 9.85. The smallest absolute Gasteiger partial charge is 0.0449 e. The molecule has 0 saturated heterocycles. The summed E-state index contributed by atoms with van der Waals surface area (Å²) in [7, 11) is 0. The van der Waals surface area contributed by atoms with Crippen LogP contribution >= 0.6 is 0 Å². The topological polar surface area (TPSA) is 4.93 Å². The molecule has 1 heterocycles. The van der Waals surface area contributed by atoms with Crippen LogP contribution in [-0.4, -0.2) is 4.57 Å². The fraction of sp³-hybridized carbons (Fsp3) is 0.0435. The molecule has 0 N–H and O–H groups in total. The van der Waals surface area contributed by atoms with Gasteiger partial charge >= 0.3 is 0 Å². The summed E-state index contributed by atoms with van der Waals surface area (Å²) >= 11 is 0. The van der Waals surface area contributed by atoms with E-state index in [1.165, 1.54) is 22.4 Å². The molecule has 24 heavy (non-hydrogen) atoms. The minimum atomic E-state index is 0.256. The molecule has 0 aliphatic rings. The summed E-state index contributed by atoms with van der Waals surface area (Å²) in [5.74, 6) is 0.256. The van der Waals surface area contributed by atoms with Crippen molar-refractivity contribution in [2.75, 3.05) is 0 Å². The summed E-state index contributed by atoms with van der Waals surface area (Å²) < 4.78 is 2.13. The zero-order valence-electron chi connectivity index (χ0n) is 13.4. The molecule has 0 spiro atoms. The summed E-state index contributed by atoms with van der Waals surface area (Å²) in [4.78, 5) is 0. The largest absolute Gasteiger partial charge is 0.324 e. The molecule has 3 aromatic carbocycles. The Labute approximate surface area is 142 Å². The van der Waals surface area contributed by atoms with Gasteiger partial charge in [0.15, 0.2) is 0 Å². The molecule has 0 radical (unpaired) electrons. The summed E-state index contributed by atoms with van der Waals surface area (Å²) in [5.41, 5.74) is 5.13. The van der Waals surface area contributed by atoms with Crippen LogP contribution in [0.3, 0.4) is 0 Å². The number of hydrogen-bond acceptors (Lipinski definition) is 0. The van der Waals surface area contributed by atoms with Crippen LogP contribution in [0.15, 0.2) is 109 Å². The van der Waals surface area contributed by atoms with Gasteiger partial charge in [-0.1, -0.05) is 72.8 Å². The Morgan fingerprint density at radius 1 is 0.458 bits per heavy atom. The highest BCUT2D eigenvalue weighted by Crippen LogP contribution is 2.32. The van der Waals surface area contributed by atoms with Crippen molar-refractivity contribution < 1.29 is 0 Å². The number of benzene rings is 3. The van der Waals surface area contributed by atoms with Crippen molar-refractivity contribution in [3.63, 3.8) is 0 Å². The van der Waals surface area contributed by atoms with E-state index in [0.29, 0.717) is 0 Å². The zero-order valence-corrected chi connectivity index (χ0v) is 13.4. The van der Waals surface area contributed by atoms with E-state index in [0.717, 1.165) is 0 Å². The second-order valence-electron chi connectivity index (χ2n) is 5.94. The van der Waals surface area contributed by atoms with Gasteiger partial charge < -0.3 is 4.57 Å². The highest BCUT2D eigenvalue weighted by molar-refractivity contribution is 5.45. The van der Waals surface area contributed by atoms with Crippen LogP contribution in [0.5, 0.6) is 0 Å². The third kappa shape index (κ3) is 2.89. The predicted molar refractivity (Wildman–Crippen MR) is 99.6 cm³/mol. The van der Waals surface area contributed by atoms with Gasteiger partial charge in [0, 0.05) is 24.0 Å². The molecule has 4 aromatic rings. The Morgan fingerprint density at radius 3 is 1.42 bits per heavy atom. The van der Waals surface area contributed by atoms with Crippen molar-refractivity contribution in [1.82, 2.24) is 4.57 Å². The Bertz CT molecular complexity index is 836. The maximum absolute atomic E-state index is 2.24. The van der Waals surface area contributed by atoms with Crippen LogP contribution in [0.4, 0.5) is 0 Å². The van der Waals surface area contributed by atoms with Crippen LogP contribution < -0.4 is 0 Å². The summed E-state index contributed by atoms with van der Waals surface area (Å²) in [6.45, 7) is 0. The second kappa shape index (κ2) is 6.59. The minimum absolute atomic E-state index is 0.256. The fourth-order valence-corrected chi connectivity index (χ4v) is 3.21. The molecular weight excluding hydrogens is 290 g/mol. The van der Waals surface area contributed by atoms with Crippen LogP contribution in [-0.2, 0) is 0 Å². The van der Waals surface area contributed by atoms with Gasteiger partial charge in [0.25, 0.3) is 0 Å². The van der Waals surface area contributed by atoms with Crippen molar-refractivity contribution in [3.8, 4) is 5.69 Å². The Morgan fingerprint density at radius 2 is 0.917 bits per heavy atom. The molecule has 0 fully saturated rings. The van der Waals surface area contributed by atoms with E-state index < -0.39 is 0 Å². The van der Waals surface area contributed by atoms with E-state index in [-0.39, 0.29) is 5.92 Å². The molecule has 0 bridgehead atoms. The van der Waals surface area contributed by atoms with E-state index in [2.05, 4.69) is 102 Å². The third-order valence-electron chi connectivity index (χ3n) is 4.39. The lowest BCUT2D eigenvalue weighted by Gasteiger charge is -2.19. The van der Waals surface area contributed by atoms with Gasteiger partial charge in [-0.3, -0.25) is 0 Å². The normalized spacial score (nSPS) is 10.9.